The van der Waals surface area contributed by atoms with Crippen LogP contribution < -0.4 is 61.6 Å². The van der Waals surface area contributed by atoms with E-state index < -0.39 is 11.9 Å². The summed E-state index contributed by atoms with van der Waals surface area (Å²) in [7, 11) is 0. The van der Waals surface area contributed by atoms with Gasteiger partial charge < -0.3 is 29.9 Å². The van der Waals surface area contributed by atoms with Crippen molar-refractivity contribution in [1.82, 2.24) is 0 Å². The van der Waals surface area contributed by atoms with Gasteiger partial charge in [-0.15, -0.1) is 5.34 Å². The van der Waals surface area contributed by atoms with Crippen LogP contribution in [0.5, 0.6) is 0 Å². The molecule has 0 radical (unpaired) electrons. The van der Waals surface area contributed by atoms with Crippen molar-refractivity contribution in [3.63, 3.8) is 0 Å². The molecule has 0 atom stereocenters. The zero-order valence-corrected chi connectivity index (χ0v) is 17.6. The fourth-order valence-electron chi connectivity index (χ4n) is 0.490. The number of aliphatic carboxylic acids is 2. The van der Waals surface area contributed by atoms with Gasteiger partial charge in [0.05, 0.1) is 11.9 Å². The Bertz CT molecular complexity index is 335. The van der Waals surface area contributed by atoms with Crippen LogP contribution in [0, 0.1) is 10.1 Å². The second-order valence-electron chi connectivity index (χ2n) is 2.48. The molecule has 0 aromatic heterocycles. The van der Waals surface area contributed by atoms with Crippen LogP contribution in [0.3, 0.4) is 0 Å². The Hall–Kier alpha value is 0.196. The van der Waals surface area contributed by atoms with Crippen LogP contribution >= 0.6 is 0 Å². The molecule has 0 aliphatic carbocycles. The van der Waals surface area contributed by atoms with Gasteiger partial charge in [-0.2, -0.15) is 0 Å². The van der Waals surface area contributed by atoms with Gasteiger partial charge in [0, 0.05) is 0 Å². The minimum atomic E-state index is -1.16. The maximum Gasteiger partial charge on any atom is 2.00 e. The monoisotopic (exact) mass is 347 g/mol. The molecule has 0 saturated carbocycles. The molecule has 0 aliphatic heterocycles. The predicted molar refractivity (Wildman–Crippen MR) is 72.8 cm³/mol. The van der Waals surface area contributed by atoms with Crippen molar-refractivity contribution < 1.29 is 71.2 Å². The van der Waals surface area contributed by atoms with Gasteiger partial charge in [0.25, 0.3) is 0 Å². The molecule has 21 heavy (non-hydrogen) atoms. The van der Waals surface area contributed by atoms with Gasteiger partial charge in [-0.25, -0.2) is 0 Å². The molecule has 0 aliphatic rings. The van der Waals surface area contributed by atoms with E-state index in [1.165, 1.54) is 12.2 Å². The second kappa shape index (κ2) is 32.2. The maximum atomic E-state index is 9.64. The van der Waals surface area contributed by atoms with E-state index in [9.17, 15) is 19.8 Å². The van der Waals surface area contributed by atoms with Crippen molar-refractivity contribution in [1.29, 1.82) is 0 Å². The van der Waals surface area contributed by atoms with Crippen molar-refractivity contribution in [3.05, 3.63) is 58.7 Å². The largest absolute Gasteiger partial charge is 2.00 e. The van der Waals surface area contributed by atoms with Crippen molar-refractivity contribution in [2.75, 3.05) is 0 Å². The fraction of sp³-hybridized carbons (Fsp3) is 0.167. The third-order valence-electron chi connectivity index (χ3n) is 1.07. The molecule has 0 spiro atoms. The van der Waals surface area contributed by atoms with Crippen molar-refractivity contribution in [2.45, 2.75) is 13.8 Å². The van der Waals surface area contributed by atoms with Crippen LogP contribution in [0.1, 0.15) is 13.8 Å². The minimum Gasteiger partial charge on any atom is -0.545 e. The summed E-state index contributed by atoms with van der Waals surface area (Å²) in [6.07, 6.45) is 11.5. The number of rotatable bonds is 4. The number of hydrogen-bond donors (Lipinski definition) is 0. The number of carbonyl (C=O) groups excluding carboxylic acids is 2. The number of carboxylic acid groups (broad SMARTS) is 2. The molecule has 0 heterocycles. The zero-order chi connectivity index (χ0) is 15.5. The summed E-state index contributed by atoms with van der Waals surface area (Å²) < 4.78 is 0. The standard InChI is InChI=1S/2C6H8O2.Ca.K.HNO2/c2*1-2-3-4-5-6(7)8;;;2-1-3/h2*2-5H,1H3,(H,7,8);;;(H,2,3)/q;;+2;+1;/p-3. The number of hydrogen-bond acceptors (Lipinski definition) is 7. The van der Waals surface area contributed by atoms with Crippen molar-refractivity contribution in [2.24, 2.45) is 5.34 Å². The molecule has 0 N–H and O–H groups in total. The Labute approximate surface area is 195 Å². The van der Waals surface area contributed by atoms with Crippen LogP contribution in [0.2, 0.25) is 0 Å². The van der Waals surface area contributed by atoms with Gasteiger partial charge in [0.15, 0.2) is 0 Å². The zero-order valence-electron chi connectivity index (χ0n) is 12.2. The van der Waals surface area contributed by atoms with E-state index in [1.807, 2.05) is 0 Å². The molecule has 0 aromatic carbocycles. The molecule has 0 saturated heterocycles. The van der Waals surface area contributed by atoms with Crippen LogP contribution in [-0.2, 0) is 9.59 Å². The normalized spacial score (nSPS) is 9.05. The Morgan fingerprint density at radius 2 is 1.10 bits per heavy atom. The topological polar surface area (TPSA) is 133 Å². The molecule has 106 valence electrons. The first-order valence-electron chi connectivity index (χ1n) is 4.91. The minimum absolute atomic E-state index is 0. The summed E-state index contributed by atoms with van der Waals surface area (Å²) >= 11 is 0. The number of carboxylic acids is 2. The Morgan fingerprint density at radius 1 is 0.857 bits per heavy atom. The van der Waals surface area contributed by atoms with Gasteiger partial charge in [0.2, 0.25) is 0 Å². The first-order valence-corrected chi connectivity index (χ1v) is 4.91. The molecular weight excluding hydrogens is 333 g/mol. The maximum absolute atomic E-state index is 9.64. The van der Waals surface area contributed by atoms with Gasteiger partial charge in [0.1, 0.15) is 0 Å². The summed E-state index contributed by atoms with van der Waals surface area (Å²) in [5, 5.41) is 28.3. The van der Waals surface area contributed by atoms with Crippen LogP contribution in [0.15, 0.2) is 53.9 Å². The van der Waals surface area contributed by atoms with Crippen molar-refractivity contribution >= 4 is 49.7 Å². The predicted octanol–water partition coefficient (Wildman–Crippen LogP) is -3.39. The van der Waals surface area contributed by atoms with Gasteiger partial charge in [-0.3, -0.25) is 0 Å². The number of nitrogens with zero attached hydrogens (tertiary/aromatic N) is 1. The average molecular weight is 347 g/mol. The molecular formula is C12H14CaKNO6. The second-order valence-corrected chi connectivity index (χ2v) is 2.48. The van der Waals surface area contributed by atoms with Gasteiger partial charge in [-0.05, 0) is 26.0 Å². The van der Waals surface area contributed by atoms with E-state index in [2.05, 4.69) is 0 Å². The molecule has 0 amide bonds. The molecule has 0 aromatic rings. The van der Waals surface area contributed by atoms with E-state index in [-0.39, 0.29) is 89.1 Å². The Kier molecular flexibility index (Phi) is 50.6. The summed E-state index contributed by atoms with van der Waals surface area (Å²) in [6.45, 7) is 3.61. The quantitative estimate of drug-likeness (QED) is 0.171. The van der Waals surface area contributed by atoms with Crippen LogP contribution in [0.25, 0.3) is 0 Å². The average Bonchev–Trinajstić information content (AvgIpc) is 2.31. The van der Waals surface area contributed by atoms with E-state index in [0.717, 1.165) is 17.5 Å². The van der Waals surface area contributed by atoms with E-state index in [1.54, 1.807) is 38.2 Å². The molecule has 0 bridgehead atoms. The van der Waals surface area contributed by atoms with E-state index in [0.29, 0.717) is 0 Å². The number of allylic oxidation sites excluding steroid dienone is 6. The SMILES string of the molecule is CC=CC=CC(=O)[O-].CC=CC=CC(=O)[O-].O=N[O-].[Ca+2].[K+]. The fourth-order valence-corrected chi connectivity index (χ4v) is 0.490. The van der Waals surface area contributed by atoms with E-state index >= 15 is 0 Å². The van der Waals surface area contributed by atoms with E-state index in [4.69, 9.17) is 10.1 Å². The van der Waals surface area contributed by atoms with Crippen LogP contribution in [0.4, 0.5) is 0 Å². The molecule has 0 unspecified atom stereocenters. The summed E-state index contributed by atoms with van der Waals surface area (Å²) in [5.74, 6) is -2.33. The Morgan fingerprint density at radius 3 is 1.24 bits per heavy atom. The smallest absolute Gasteiger partial charge is 0.545 e. The number of carbonyl (C=O) groups is 2. The third kappa shape index (κ3) is 64.3. The first-order chi connectivity index (χ1) is 8.95. The van der Waals surface area contributed by atoms with Gasteiger partial charge in [-0.1, -0.05) is 36.5 Å². The molecule has 9 heteroatoms. The molecule has 0 fully saturated rings. The Balaban J connectivity index is -0.0000000634. The van der Waals surface area contributed by atoms with Crippen LogP contribution in [-0.4, -0.2) is 49.7 Å². The summed E-state index contributed by atoms with van der Waals surface area (Å²) in [5.41, 5.74) is 0. The third-order valence-corrected chi connectivity index (χ3v) is 1.07. The molecule has 7 nitrogen and oxygen atoms in total. The molecule has 0 rings (SSSR count). The summed E-state index contributed by atoms with van der Waals surface area (Å²) in [6, 6.07) is 0. The summed E-state index contributed by atoms with van der Waals surface area (Å²) in [4.78, 5) is 27.3. The van der Waals surface area contributed by atoms with Crippen molar-refractivity contribution in [3.8, 4) is 0 Å². The van der Waals surface area contributed by atoms with Gasteiger partial charge >= 0.3 is 89.1 Å². The first kappa shape index (κ1) is 33.0.